The SMILES string of the molecule is CC12CCN(C(=O)C(F)(F)F)CC1C2. The molecule has 2 aliphatic rings. The zero-order valence-corrected chi connectivity index (χ0v) is 7.90. The third-order valence-corrected chi connectivity index (χ3v) is 3.46. The van der Waals surface area contributed by atoms with E-state index in [0.717, 1.165) is 11.3 Å². The van der Waals surface area contributed by atoms with Gasteiger partial charge < -0.3 is 4.90 Å². The first-order chi connectivity index (χ1) is 6.33. The molecule has 2 fully saturated rings. The van der Waals surface area contributed by atoms with Gasteiger partial charge in [-0.2, -0.15) is 13.2 Å². The van der Waals surface area contributed by atoms with Gasteiger partial charge in [-0.3, -0.25) is 4.79 Å². The normalized spacial score (nSPS) is 36.6. The van der Waals surface area contributed by atoms with Crippen molar-refractivity contribution in [2.75, 3.05) is 13.1 Å². The fourth-order valence-electron chi connectivity index (χ4n) is 2.21. The van der Waals surface area contributed by atoms with E-state index in [1.165, 1.54) is 0 Å². The van der Waals surface area contributed by atoms with E-state index in [4.69, 9.17) is 0 Å². The highest BCUT2D eigenvalue weighted by atomic mass is 19.4. The number of nitrogens with zero attached hydrogens (tertiary/aromatic N) is 1. The minimum atomic E-state index is -4.71. The number of carbonyl (C=O) groups is 1. The first-order valence-electron chi connectivity index (χ1n) is 4.69. The van der Waals surface area contributed by atoms with Crippen LogP contribution in [0.3, 0.4) is 0 Å². The quantitative estimate of drug-likeness (QED) is 0.593. The number of halogens is 3. The van der Waals surface area contributed by atoms with Crippen LogP contribution in [0, 0.1) is 11.3 Å². The first-order valence-corrected chi connectivity index (χ1v) is 4.69. The van der Waals surface area contributed by atoms with E-state index in [1.807, 2.05) is 0 Å². The van der Waals surface area contributed by atoms with Crippen molar-refractivity contribution in [1.29, 1.82) is 0 Å². The Morgan fingerprint density at radius 3 is 2.64 bits per heavy atom. The topological polar surface area (TPSA) is 20.3 Å². The lowest BCUT2D eigenvalue weighted by Crippen LogP contribution is -2.45. The second-order valence-electron chi connectivity index (χ2n) is 4.55. The summed E-state index contributed by atoms with van der Waals surface area (Å²) in [5, 5.41) is 0. The van der Waals surface area contributed by atoms with E-state index >= 15 is 0 Å². The van der Waals surface area contributed by atoms with E-state index in [0.29, 0.717) is 12.3 Å². The van der Waals surface area contributed by atoms with E-state index < -0.39 is 12.1 Å². The maximum atomic E-state index is 12.1. The Morgan fingerprint density at radius 1 is 1.50 bits per heavy atom. The third kappa shape index (κ3) is 1.48. The van der Waals surface area contributed by atoms with Gasteiger partial charge in [0.1, 0.15) is 0 Å². The van der Waals surface area contributed by atoms with E-state index in [9.17, 15) is 18.0 Å². The molecule has 2 unspecified atom stereocenters. The maximum absolute atomic E-state index is 12.1. The summed E-state index contributed by atoms with van der Waals surface area (Å²) in [6.45, 7) is 2.62. The summed E-state index contributed by atoms with van der Waals surface area (Å²) in [6.07, 6.45) is -3.03. The highest BCUT2D eigenvalue weighted by molar-refractivity contribution is 5.82. The van der Waals surface area contributed by atoms with Gasteiger partial charge in [-0.1, -0.05) is 6.92 Å². The fourth-order valence-corrected chi connectivity index (χ4v) is 2.21. The summed E-state index contributed by atoms with van der Waals surface area (Å²) < 4.78 is 36.2. The smallest absolute Gasteiger partial charge is 0.335 e. The van der Waals surface area contributed by atoms with E-state index in [1.54, 1.807) is 0 Å². The Labute approximate surface area is 80.1 Å². The summed E-state index contributed by atoms with van der Waals surface area (Å²) in [7, 11) is 0. The average molecular weight is 207 g/mol. The summed E-state index contributed by atoms with van der Waals surface area (Å²) in [5.74, 6) is -1.38. The lowest BCUT2D eigenvalue weighted by Gasteiger charge is -2.30. The van der Waals surface area contributed by atoms with Gasteiger partial charge >= 0.3 is 12.1 Å². The van der Waals surface area contributed by atoms with Crippen LogP contribution >= 0.6 is 0 Å². The van der Waals surface area contributed by atoms with Crippen LogP contribution in [-0.2, 0) is 4.79 Å². The Morgan fingerprint density at radius 2 is 2.14 bits per heavy atom. The molecule has 0 aromatic rings. The Hall–Kier alpha value is -0.740. The molecule has 1 aliphatic carbocycles. The molecule has 1 aliphatic heterocycles. The highest BCUT2D eigenvalue weighted by Gasteiger charge is 2.55. The molecule has 1 saturated heterocycles. The number of amides is 1. The van der Waals surface area contributed by atoms with Gasteiger partial charge in [0, 0.05) is 13.1 Å². The minimum Gasteiger partial charge on any atom is -0.335 e. The number of likely N-dealkylation sites (tertiary alicyclic amines) is 1. The molecular formula is C9H12F3NO. The average Bonchev–Trinajstić information content (AvgIpc) is 2.72. The molecule has 5 heteroatoms. The predicted molar refractivity (Wildman–Crippen MR) is 43.5 cm³/mol. The van der Waals surface area contributed by atoms with Crippen molar-refractivity contribution < 1.29 is 18.0 Å². The van der Waals surface area contributed by atoms with Crippen LogP contribution in [0.5, 0.6) is 0 Å². The molecule has 1 saturated carbocycles. The van der Waals surface area contributed by atoms with Crippen molar-refractivity contribution in [1.82, 2.24) is 4.90 Å². The van der Waals surface area contributed by atoms with Crippen LogP contribution in [0.4, 0.5) is 13.2 Å². The molecule has 80 valence electrons. The first kappa shape index (κ1) is 9.80. The monoisotopic (exact) mass is 207 g/mol. The standard InChI is InChI=1S/C9H12F3NO/c1-8-2-3-13(5-6(8)4-8)7(14)9(10,11)12/h6H,2-5H2,1H3. The van der Waals surface area contributed by atoms with Crippen LogP contribution in [-0.4, -0.2) is 30.1 Å². The lowest BCUT2D eigenvalue weighted by atomic mass is 9.98. The van der Waals surface area contributed by atoms with Gasteiger partial charge in [-0.25, -0.2) is 0 Å². The van der Waals surface area contributed by atoms with Gasteiger partial charge in [0.15, 0.2) is 0 Å². The maximum Gasteiger partial charge on any atom is 0.471 e. The number of carbonyl (C=O) groups excluding carboxylic acids is 1. The van der Waals surface area contributed by atoms with Crippen molar-refractivity contribution >= 4 is 5.91 Å². The van der Waals surface area contributed by atoms with Crippen LogP contribution in [0.15, 0.2) is 0 Å². The zero-order chi connectivity index (χ0) is 10.6. The number of alkyl halides is 3. The summed E-state index contributed by atoms with van der Waals surface area (Å²) in [6, 6.07) is 0. The molecule has 2 rings (SSSR count). The third-order valence-electron chi connectivity index (χ3n) is 3.46. The van der Waals surface area contributed by atoms with Crippen molar-refractivity contribution in [3.05, 3.63) is 0 Å². The summed E-state index contributed by atoms with van der Waals surface area (Å²) >= 11 is 0. The highest BCUT2D eigenvalue weighted by Crippen LogP contribution is 2.57. The van der Waals surface area contributed by atoms with E-state index in [2.05, 4.69) is 6.92 Å². The molecular weight excluding hydrogens is 195 g/mol. The molecule has 0 aromatic carbocycles. The van der Waals surface area contributed by atoms with Gasteiger partial charge in [-0.05, 0) is 24.2 Å². The molecule has 2 nitrogen and oxygen atoms in total. The Balaban J connectivity index is 1.98. The minimum absolute atomic E-state index is 0.225. The van der Waals surface area contributed by atoms with Crippen LogP contribution < -0.4 is 0 Å². The largest absolute Gasteiger partial charge is 0.471 e. The molecule has 0 N–H and O–H groups in total. The molecule has 0 aromatic heterocycles. The predicted octanol–water partition coefficient (Wildman–Crippen LogP) is 1.81. The van der Waals surface area contributed by atoms with Crippen molar-refractivity contribution in [3.63, 3.8) is 0 Å². The number of hydrogen-bond acceptors (Lipinski definition) is 1. The molecule has 0 radical (unpaired) electrons. The van der Waals surface area contributed by atoms with E-state index in [-0.39, 0.29) is 18.5 Å². The van der Waals surface area contributed by atoms with Crippen molar-refractivity contribution in [3.8, 4) is 0 Å². The molecule has 0 spiro atoms. The second-order valence-corrected chi connectivity index (χ2v) is 4.55. The molecule has 1 amide bonds. The van der Waals surface area contributed by atoms with Gasteiger partial charge in [0.2, 0.25) is 0 Å². The number of rotatable bonds is 0. The van der Waals surface area contributed by atoms with Crippen LogP contribution in [0.2, 0.25) is 0 Å². The molecule has 1 heterocycles. The molecule has 2 atom stereocenters. The number of hydrogen-bond donors (Lipinski definition) is 0. The van der Waals surface area contributed by atoms with Gasteiger partial charge in [-0.15, -0.1) is 0 Å². The summed E-state index contributed by atoms with van der Waals surface area (Å²) in [5.41, 5.74) is 0.225. The number of fused-ring (bicyclic) bond motifs is 1. The molecule has 14 heavy (non-hydrogen) atoms. The number of piperidine rings is 1. The second kappa shape index (κ2) is 2.64. The Bertz CT molecular complexity index is 276. The fraction of sp³-hybridized carbons (Fsp3) is 0.889. The van der Waals surface area contributed by atoms with Gasteiger partial charge in [0.05, 0.1) is 0 Å². The Kier molecular flexibility index (Phi) is 1.85. The van der Waals surface area contributed by atoms with Crippen LogP contribution in [0.1, 0.15) is 19.8 Å². The van der Waals surface area contributed by atoms with Crippen molar-refractivity contribution in [2.45, 2.75) is 25.9 Å². The molecule has 0 bridgehead atoms. The summed E-state index contributed by atoms with van der Waals surface area (Å²) in [4.78, 5) is 11.8. The zero-order valence-electron chi connectivity index (χ0n) is 7.90. The lowest BCUT2D eigenvalue weighted by molar-refractivity contribution is -0.186. The van der Waals surface area contributed by atoms with Gasteiger partial charge in [0.25, 0.3) is 0 Å². The van der Waals surface area contributed by atoms with Crippen LogP contribution in [0.25, 0.3) is 0 Å². The van der Waals surface area contributed by atoms with Crippen molar-refractivity contribution in [2.24, 2.45) is 11.3 Å².